The number of aliphatic carboxylic acids is 2. The number of ether oxygens (including phenoxy) is 1. The first-order chi connectivity index (χ1) is 21.2. The van der Waals surface area contributed by atoms with Gasteiger partial charge in [0.2, 0.25) is 6.10 Å². The van der Waals surface area contributed by atoms with E-state index in [1.807, 2.05) is 0 Å². The lowest BCUT2D eigenvalue weighted by molar-refractivity contribution is -0.200. The Balaban J connectivity index is 4.40. The average Bonchev–Trinajstić information content (AvgIpc) is 2.99. The van der Waals surface area contributed by atoms with E-state index in [0.29, 0.717) is 19.3 Å². The summed E-state index contributed by atoms with van der Waals surface area (Å²) >= 11 is 0. The summed E-state index contributed by atoms with van der Waals surface area (Å²) in [6, 6.07) is 0. The van der Waals surface area contributed by atoms with E-state index < -0.39 is 35.4 Å². The Morgan fingerprint density at radius 3 is 1.09 bits per heavy atom. The average molecular weight is 627 g/mol. The van der Waals surface area contributed by atoms with Gasteiger partial charge in [-0.15, -0.1) is 0 Å². The Morgan fingerprint density at radius 2 is 0.795 bits per heavy atom. The van der Waals surface area contributed by atoms with Crippen LogP contribution in [0.15, 0.2) is 0 Å². The molecule has 2 atom stereocenters. The Hall–Kier alpha value is -1.96. The summed E-state index contributed by atoms with van der Waals surface area (Å²) in [5, 5.41) is 29.4. The molecular formula is C36H66O8. The first-order valence-electron chi connectivity index (χ1n) is 18.1. The quantitative estimate of drug-likeness (QED) is 0.0372. The molecule has 0 aromatic heterocycles. The zero-order chi connectivity index (χ0) is 32.9. The summed E-state index contributed by atoms with van der Waals surface area (Å²) < 4.78 is 5.04. The number of carbonyl (C=O) groups is 4. The number of Topliss-reactive ketones (excluding diaryl/α,β-unsaturated/α-hetero) is 1. The lowest BCUT2D eigenvalue weighted by atomic mass is 9.87. The molecule has 0 rings (SSSR count). The van der Waals surface area contributed by atoms with Crippen LogP contribution >= 0.6 is 0 Å². The molecule has 0 aliphatic rings. The molecule has 3 N–H and O–H groups in total. The number of carboxylic acids is 2. The van der Waals surface area contributed by atoms with Crippen molar-refractivity contribution in [2.75, 3.05) is 0 Å². The van der Waals surface area contributed by atoms with Gasteiger partial charge in [-0.05, 0) is 12.8 Å². The van der Waals surface area contributed by atoms with Gasteiger partial charge in [0.05, 0.1) is 0 Å². The van der Waals surface area contributed by atoms with Crippen LogP contribution in [0.5, 0.6) is 0 Å². The number of esters is 1. The number of ketones is 1. The van der Waals surface area contributed by atoms with Crippen LogP contribution in [-0.2, 0) is 23.9 Å². The maximum Gasteiger partial charge on any atom is 0.359 e. The highest BCUT2D eigenvalue weighted by molar-refractivity contribution is 6.11. The van der Waals surface area contributed by atoms with Crippen molar-refractivity contribution in [3.8, 4) is 0 Å². The molecule has 258 valence electrons. The van der Waals surface area contributed by atoms with Gasteiger partial charge >= 0.3 is 23.5 Å². The summed E-state index contributed by atoms with van der Waals surface area (Å²) in [6.45, 7) is 4.44. The van der Waals surface area contributed by atoms with Crippen LogP contribution < -0.4 is 0 Å². The summed E-state index contributed by atoms with van der Waals surface area (Å²) in [5.41, 5.74) is -3.13. The maximum absolute atomic E-state index is 13.0. The fraction of sp³-hybridized carbons (Fsp3) is 0.889. The molecule has 0 saturated carbocycles. The van der Waals surface area contributed by atoms with Crippen molar-refractivity contribution in [2.45, 2.75) is 205 Å². The summed E-state index contributed by atoms with van der Waals surface area (Å²) in [7, 11) is 0. The predicted molar refractivity (Wildman–Crippen MR) is 176 cm³/mol. The third-order valence-electron chi connectivity index (χ3n) is 8.62. The number of carbonyl (C=O) groups excluding carboxylic acids is 2. The van der Waals surface area contributed by atoms with Crippen LogP contribution in [0.2, 0.25) is 0 Å². The highest BCUT2D eigenvalue weighted by Gasteiger charge is 2.58. The molecule has 8 heteroatoms. The smallest absolute Gasteiger partial charge is 0.359 e. The molecule has 0 aromatic rings. The van der Waals surface area contributed by atoms with Crippen molar-refractivity contribution in [3.63, 3.8) is 0 Å². The number of rotatable bonds is 33. The van der Waals surface area contributed by atoms with Gasteiger partial charge in [0, 0.05) is 12.8 Å². The second-order valence-corrected chi connectivity index (χ2v) is 12.7. The van der Waals surface area contributed by atoms with Gasteiger partial charge in [0.15, 0.2) is 5.78 Å². The summed E-state index contributed by atoms with van der Waals surface area (Å²) in [5.74, 6) is -5.93. The van der Waals surface area contributed by atoms with Crippen molar-refractivity contribution in [2.24, 2.45) is 0 Å². The molecule has 0 bridgehead atoms. The molecule has 0 saturated heterocycles. The van der Waals surface area contributed by atoms with Crippen molar-refractivity contribution in [1.29, 1.82) is 0 Å². The first-order valence-corrected chi connectivity index (χ1v) is 18.1. The Morgan fingerprint density at radius 1 is 0.500 bits per heavy atom. The van der Waals surface area contributed by atoms with Gasteiger partial charge in [-0.1, -0.05) is 168 Å². The molecule has 0 fully saturated rings. The van der Waals surface area contributed by atoms with E-state index in [1.165, 1.54) is 103 Å². The van der Waals surface area contributed by atoms with E-state index in [2.05, 4.69) is 13.8 Å². The van der Waals surface area contributed by atoms with Gasteiger partial charge in [0.1, 0.15) is 0 Å². The van der Waals surface area contributed by atoms with Crippen molar-refractivity contribution in [3.05, 3.63) is 0 Å². The van der Waals surface area contributed by atoms with Gasteiger partial charge in [-0.2, -0.15) is 0 Å². The van der Waals surface area contributed by atoms with E-state index in [1.54, 1.807) is 0 Å². The number of hydrogen-bond donors (Lipinski definition) is 3. The van der Waals surface area contributed by atoms with Gasteiger partial charge in [-0.3, -0.25) is 9.59 Å². The van der Waals surface area contributed by atoms with Crippen molar-refractivity contribution >= 4 is 23.7 Å². The van der Waals surface area contributed by atoms with Gasteiger partial charge < -0.3 is 20.1 Å². The molecule has 44 heavy (non-hydrogen) atoms. The third-order valence-corrected chi connectivity index (χ3v) is 8.62. The Kier molecular flexibility index (Phi) is 27.2. The molecule has 0 aliphatic carbocycles. The fourth-order valence-corrected chi connectivity index (χ4v) is 5.73. The van der Waals surface area contributed by atoms with E-state index >= 15 is 0 Å². The lowest BCUT2D eigenvalue weighted by Gasteiger charge is -2.30. The Labute approximate surface area is 268 Å². The number of aliphatic hydroxyl groups excluding tert-OH is 1. The molecule has 0 aromatic carbocycles. The van der Waals surface area contributed by atoms with E-state index in [0.717, 1.165) is 44.9 Å². The van der Waals surface area contributed by atoms with E-state index in [-0.39, 0.29) is 12.8 Å². The predicted octanol–water partition coefficient (Wildman–Crippen LogP) is 9.33. The third kappa shape index (κ3) is 20.1. The molecular weight excluding hydrogens is 560 g/mol. The minimum absolute atomic E-state index is 0.134. The highest BCUT2D eigenvalue weighted by atomic mass is 16.6. The first kappa shape index (κ1) is 42.0. The number of aliphatic hydroxyl groups is 1. The molecule has 8 nitrogen and oxygen atoms in total. The maximum atomic E-state index is 13.0. The standard InChI is InChI=1S/C36H66O8/c1-3-5-7-9-11-13-15-17-19-21-23-25-27-29-31(37)36(35(42)43,33(39)34(40)41)44-32(38)30-28-26-24-22-20-18-16-14-12-10-8-6-4-2/h33,39H,3-30H2,1-2H3,(H,40,41)(H,42,43). The van der Waals surface area contributed by atoms with Crippen LogP contribution in [0, 0.1) is 0 Å². The van der Waals surface area contributed by atoms with Crippen LogP contribution in [0.1, 0.15) is 194 Å². The van der Waals surface area contributed by atoms with Crippen LogP contribution in [0.4, 0.5) is 0 Å². The fourth-order valence-electron chi connectivity index (χ4n) is 5.73. The van der Waals surface area contributed by atoms with Crippen LogP contribution in [0.3, 0.4) is 0 Å². The van der Waals surface area contributed by atoms with Gasteiger partial charge in [-0.25, -0.2) is 9.59 Å². The largest absolute Gasteiger partial charge is 0.479 e. The lowest BCUT2D eigenvalue weighted by Crippen LogP contribution is -2.61. The SMILES string of the molecule is CCCCCCCCCCCCCCCC(=O)OC(C(=O)O)(C(=O)CCCCCCCCCCCCCCC)C(O)C(=O)O. The monoisotopic (exact) mass is 626 g/mol. The van der Waals surface area contributed by atoms with E-state index in [4.69, 9.17) is 4.74 Å². The van der Waals surface area contributed by atoms with Gasteiger partial charge in [0.25, 0.3) is 0 Å². The van der Waals surface area contributed by atoms with Crippen LogP contribution in [-0.4, -0.2) is 50.7 Å². The molecule has 0 heterocycles. The topological polar surface area (TPSA) is 138 Å². The minimum Gasteiger partial charge on any atom is -0.479 e. The number of unbranched alkanes of at least 4 members (excludes halogenated alkanes) is 24. The molecule has 0 radical (unpaired) electrons. The van der Waals surface area contributed by atoms with Crippen LogP contribution in [0.25, 0.3) is 0 Å². The zero-order valence-electron chi connectivity index (χ0n) is 28.3. The molecule has 0 spiro atoms. The molecule has 0 aliphatic heterocycles. The Bertz CT molecular complexity index is 752. The normalized spacial score (nSPS) is 13.3. The number of carboxylic acid groups (broad SMARTS) is 2. The molecule has 2 unspecified atom stereocenters. The second kappa shape index (κ2) is 28.5. The van der Waals surface area contributed by atoms with Crippen molar-refractivity contribution in [1.82, 2.24) is 0 Å². The van der Waals surface area contributed by atoms with E-state index in [9.17, 15) is 34.5 Å². The summed E-state index contributed by atoms with van der Waals surface area (Å²) in [4.78, 5) is 49.2. The zero-order valence-corrected chi connectivity index (χ0v) is 28.3. The molecule has 0 amide bonds. The second-order valence-electron chi connectivity index (χ2n) is 12.7. The summed E-state index contributed by atoms with van der Waals surface area (Å²) in [6.07, 6.45) is 25.7. The number of hydrogen-bond acceptors (Lipinski definition) is 6. The highest BCUT2D eigenvalue weighted by Crippen LogP contribution is 2.25. The van der Waals surface area contributed by atoms with Crippen molar-refractivity contribution < 1.29 is 39.2 Å². The minimum atomic E-state index is -3.13.